The molecule has 1 N–H and O–H groups in total. The number of nitrogens with one attached hydrogen (secondary N) is 1. The molecule has 0 radical (unpaired) electrons. The highest BCUT2D eigenvalue weighted by Crippen LogP contribution is 2.30. The molecule has 6 nitrogen and oxygen atoms in total. The monoisotopic (exact) mass is 207 g/mol. The number of aromatic amines is 1. The summed E-state index contributed by atoms with van der Waals surface area (Å²) in [5.41, 5.74) is 2.07. The highest BCUT2D eigenvalue weighted by atomic mass is 16.8. The summed E-state index contributed by atoms with van der Waals surface area (Å²) in [5.74, 6) is 0. The predicted octanol–water partition coefficient (Wildman–Crippen LogP) is 0.334. The molecule has 0 amide bonds. The predicted molar refractivity (Wildman–Crippen MR) is 50.3 cm³/mol. The van der Waals surface area contributed by atoms with Crippen molar-refractivity contribution in [3.05, 3.63) is 34.0 Å². The Labute approximate surface area is 84.4 Å². The molecule has 0 aliphatic carbocycles. The van der Waals surface area contributed by atoms with Gasteiger partial charge in [-0.05, 0) is 12.5 Å². The molecule has 0 unspecified atom stereocenters. The molecule has 15 heavy (non-hydrogen) atoms. The number of nitrogens with zero attached hydrogens (tertiary/aromatic N) is 2. The summed E-state index contributed by atoms with van der Waals surface area (Å²) in [7, 11) is 0. The molecule has 78 valence electrons. The van der Waals surface area contributed by atoms with Crippen LogP contribution < -0.4 is 5.56 Å². The Hall–Kier alpha value is -1.66. The van der Waals surface area contributed by atoms with Gasteiger partial charge in [0, 0.05) is 11.8 Å². The van der Waals surface area contributed by atoms with Gasteiger partial charge in [-0.15, -0.1) is 0 Å². The molecule has 0 bridgehead atoms. The minimum atomic E-state index is -0.355. The van der Waals surface area contributed by atoms with Crippen LogP contribution in [0, 0.1) is 6.92 Å². The summed E-state index contributed by atoms with van der Waals surface area (Å²) >= 11 is 0. The average Bonchev–Trinajstić information content (AvgIpc) is 2.43. The maximum atomic E-state index is 11.5. The molecule has 1 aliphatic rings. The van der Waals surface area contributed by atoms with E-state index in [1.165, 1.54) is 10.8 Å². The zero-order chi connectivity index (χ0) is 10.4. The lowest BCUT2D eigenvalue weighted by Crippen LogP contribution is -2.22. The maximum absolute atomic E-state index is 11.5. The number of hydrogen-bond acceptors (Lipinski definition) is 4. The van der Waals surface area contributed by atoms with Gasteiger partial charge in [-0.1, -0.05) is 0 Å². The van der Waals surface area contributed by atoms with Gasteiger partial charge in [0.1, 0.15) is 11.8 Å². The summed E-state index contributed by atoms with van der Waals surface area (Å²) in [6.45, 7) is 2.16. The third-order valence-corrected chi connectivity index (χ3v) is 2.56. The summed E-state index contributed by atoms with van der Waals surface area (Å²) in [5, 5.41) is 4.01. The maximum Gasteiger partial charge on any atom is 0.275 e. The van der Waals surface area contributed by atoms with Crippen LogP contribution in [0.4, 0.5) is 0 Å². The van der Waals surface area contributed by atoms with Gasteiger partial charge in [0.15, 0.2) is 13.1 Å². The van der Waals surface area contributed by atoms with Crippen LogP contribution in [0.3, 0.4) is 0 Å². The molecular formula is C9H9N3O3. The van der Waals surface area contributed by atoms with E-state index < -0.39 is 0 Å². The zero-order valence-corrected chi connectivity index (χ0v) is 8.06. The van der Waals surface area contributed by atoms with Crippen LogP contribution in [0.1, 0.15) is 17.4 Å². The third kappa shape index (κ3) is 1.12. The van der Waals surface area contributed by atoms with Crippen molar-refractivity contribution in [3.8, 4) is 0 Å². The lowest BCUT2D eigenvalue weighted by atomic mass is 10.2. The largest absolute Gasteiger partial charge is 0.322 e. The molecule has 0 spiro atoms. The number of ether oxygens (including phenoxy) is 2. The van der Waals surface area contributed by atoms with Crippen molar-refractivity contribution >= 4 is 5.52 Å². The lowest BCUT2D eigenvalue weighted by molar-refractivity contribution is -0.327. The highest BCUT2D eigenvalue weighted by molar-refractivity contribution is 5.56. The van der Waals surface area contributed by atoms with Gasteiger partial charge in [0.05, 0.1) is 0 Å². The van der Waals surface area contributed by atoms with Crippen LogP contribution in [0.15, 0.2) is 17.3 Å². The normalized spacial score (nSPS) is 16.9. The van der Waals surface area contributed by atoms with E-state index in [2.05, 4.69) is 10.1 Å². The number of hydrogen-bond donors (Lipinski definition) is 1. The molecule has 1 aliphatic heterocycles. The first-order valence-electron chi connectivity index (χ1n) is 4.56. The van der Waals surface area contributed by atoms with Gasteiger partial charge in [-0.2, -0.15) is 5.10 Å². The molecule has 2 aromatic heterocycles. The first-order chi connectivity index (χ1) is 7.27. The van der Waals surface area contributed by atoms with Crippen molar-refractivity contribution in [2.45, 2.75) is 13.2 Å². The van der Waals surface area contributed by atoms with Crippen molar-refractivity contribution in [2.24, 2.45) is 0 Å². The molecule has 3 heterocycles. The minimum absolute atomic E-state index is 0.159. The molecule has 0 atom stereocenters. The second kappa shape index (κ2) is 2.91. The summed E-state index contributed by atoms with van der Waals surface area (Å²) < 4.78 is 11.9. The van der Waals surface area contributed by atoms with Crippen molar-refractivity contribution in [1.82, 2.24) is 14.6 Å². The Bertz CT molecular complexity index is 567. The Kier molecular flexibility index (Phi) is 1.68. The van der Waals surface area contributed by atoms with E-state index in [-0.39, 0.29) is 11.8 Å². The molecule has 1 saturated heterocycles. The van der Waals surface area contributed by atoms with Crippen LogP contribution in [-0.4, -0.2) is 21.4 Å². The van der Waals surface area contributed by atoms with Gasteiger partial charge >= 0.3 is 0 Å². The van der Waals surface area contributed by atoms with Gasteiger partial charge in [0.2, 0.25) is 0 Å². The number of fused-ring (bicyclic) bond motifs is 1. The van der Waals surface area contributed by atoms with Crippen molar-refractivity contribution in [3.63, 3.8) is 0 Å². The molecule has 0 aromatic carbocycles. The number of aryl methyl sites for hydroxylation is 1. The van der Waals surface area contributed by atoms with E-state index in [1.54, 1.807) is 6.20 Å². The van der Waals surface area contributed by atoms with E-state index in [1.807, 2.05) is 6.92 Å². The van der Waals surface area contributed by atoms with E-state index in [9.17, 15) is 4.79 Å². The quantitative estimate of drug-likeness (QED) is 0.731. The van der Waals surface area contributed by atoms with Gasteiger partial charge in [-0.3, -0.25) is 4.79 Å². The van der Waals surface area contributed by atoms with Crippen LogP contribution in [0.2, 0.25) is 0 Å². The summed E-state index contributed by atoms with van der Waals surface area (Å²) in [4.78, 5) is 14.1. The standard InChI is InChI=1S/C9H9N3O3/c1-5-6(9-14-4-15-9)2-12-7(5)8(13)10-3-11-12/h2-3,9H,4H2,1H3,(H,10,11,13). The Morgan fingerprint density at radius 3 is 3.00 bits per heavy atom. The van der Waals surface area contributed by atoms with Crippen LogP contribution in [-0.2, 0) is 9.47 Å². The van der Waals surface area contributed by atoms with E-state index in [0.717, 1.165) is 11.1 Å². The van der Waals surface area contributed by atoms with Gasteiger partial charge in [-0.25, -0.2) is 4.52 Å². The fraction of sp³-hybridized carbons (Fsp3) is 0.333. The second-order valence-corrected chi connectivity index (χ2v) is 3.40. The van der Waals surface area contributed by atoms with E-state index in [4.69, 9.17) is 9.47 Å². The fourth-order valence-corrected chi connectivity index (χ4v) is 1.74. The number of H-pyrrole nitrogens is 1. The molecule has 6 heteroatoms. The Morgan fingerprint density at radius 2 is 2.40 bits per heavy atom. The molecule has 0 saturated carbocycles. The van der Waals surface area contributed by atoms with E-state index >= 15 is 0 Å². The molecule has 2 aromatic rings. The number of aromatic nitrogens is 3. The molecule has 3 rings (SSSR count). The van der Waals surface area contributed by atoms with Gasteiger partial charge in [0.25, 0.3) is 5.56 Å². The first-order valence-corrected chi connectivity index (χ1v) is 4.56. The van der Waals surface area contributed by atoms with E-state index in [0.29, 0.717) is 12.3 Å². The van der Waals surface area contributed by atoms with Crippen molar-refractivity contribution in [1.29, 1.82) is 0 Å². The Morgan fingerprint density at radius 1 is 1.60 bits per heavy atom. The first kappa shape index (κ1) is 8.63. The topological polar surface area (TPSA) is 68.6 Å². The third-order valence-electron chi connectivity index (χ3n) is 2.56. The van der Waals surface area contributed by atoms with Crippen LogP contribution in [0.25, 0.3) is 5.52 Å². The zero-order valence-electron chi connectivity index (χ0n) is 8.06. The Balaban J connectivity index is 2.29. The SMILES string of the molecule is Cc1c(C2OCO2)cn2nc[nH]c(=O)c12. The van der Waals surface area contributed by atoms with Gasteiger partial charge < -0.3 is 14.5 Å². The smallest absolute Gasteiger partial charge is 0.275 e. The van der Waals surface area contributed by atoms with Crippen LogP contribution >= 0.6 is 0 Å². The number of rotatable bonds is 1. The fourth-order valence-electron chi connectivity index (χ4n) is 1.74. The second-order valence-electron chi connectivity index (χ2n) is 3.40. The van der Waals surface area contributed by atoms with Crippen LogP contribution in [0.5, 0.6) is 0 Å². The lowest BCUT2D eigenvalue weighted by Gasteiger charge is -2.26. The highest BCUT2D eigenvalue weighted by Gasteiger charge is 2.26. The van der Waals surface area contributed by atoms with Crippen molar-refractivity contribution in [2.75, 3.05) is 6.79 Å². The summed E-state index contributed by atoms with van der Waals surface area (Å²) in [6, 6.07) is 0. The average molecular weight is 207 g/mol. The molecule has 1 fully saturated rings. The molecular weight excluding hydrogens is 198 g/mol. The minimum Gasteiger partial charge on any atom is -0.322 e. The summed E-state index contributed by atoms with van der Waals surface area (Å²) in [6.07, 6.45) is 2.76. The van der Waals surface area contributed by atoms with Crippen molar-refractivity contribution < 1.29 is 9.47 Å².